The fraction of sp³-hybridized carbons (Fsp3) is 0.571. The van der Waals surface area contributed by atoms with E-state index in [0.717, 1.165) is 0 Å². The van der Waals surface area contributed by atoms with E-state index in [1.165, 1.54) is 12.1 Å². The number of aliphatic hydroxyl groups excluding tert-OH is 1. The summed E-state index contributed by atoms with van der Waals surface area (Å²) in [6, 6.07) is 3.99. The fourth-order valence-electron chi connectivity index (χ4n) is 1.40. The Morgan fingerprint density at radius 3 is 2.33 bits per heavy atom. The van der Waals surface area contributed by atoms with Crippen LogP contribution in [0.3, 0.4) is 0 Å². The number of hydrogen-bond donors (Lipinski definition) is 2. The van der Waals surface area contributed by atoms with Gasteiger partial charge in [-0.3, -0.25) is 0 Å². The molecule has 0 fully saturated rings. The van der Waals surface area contributed by atoms with Crippen LogP contribution in [0.25, 0.3) is 0 Å². The highest BCUT2D eigenvalue weighted by molar-refractivity contribution is 5.29. The van der Waals surface area contributed by atoms with Crippen LogP contribution in [0.15, 0.2) is 18.2 Å². The molecule has 0 saturated carbocycles. The SMILES string of the molecule is CC(C)(C)NCc1ccc(OCC(O)C(F)(F)F)c(F)c1. The van der Waals surface area contributed by atoms with Crippen LogP contribution in [0.1, 0.15) is 26.3 Å². The van der Waals surface area contributed by atoms with Gasteiger partial charge in [-0.05, 0) is 38.5 Å². The summed E-state index contributed by atoms with van der Waals surface area (Å²) in [6.07, 6.45) is -7.42. The molecule has 0 saturated heterocycles. The van der Waals surface area contributed by atoms with Crippen molar-refractivity contribution in [1.29, 1.82) is 0 Å². The molecule has 0 aliphatic rings. The van der Waals surface area contributed by atoms with E-state index >= 15 is 0 Å². The second-order valence-corrected chi connectivity index (χ2v) is 5.74. The first kappa shape index (κ1) is 17.7. The quantitative estimate of drug-likeness (QED) is 0.822. The van der Waals surface area contributed by atoms with E-state index in [-0.39, 0.29) is 11.3 Å². The molecule has 0 amide bonds. The first-order valence-electron chi connectivity index (χ1n) is 6.40. The number of ether oxygens (including phenoxy) is 1. The van der Waals surface area contributed by atoms with Gasteiger partial charge in [0.1, 0.15) is 6.61 Å². The summed E-state index contributed by atoms with van der Waals surface area (Å²) in [5.74, 6) is -1.09. The highest BCUT2D eigenvalue weighted by atomic mass is 19.4. The molecule has 120 valence electrons. The van der Waals surface area contributed by atoms with Gasteiger partial charge in [0.2, 0.25) is 0 Å². The zero-order chi connectivity index (χ0) is 16.3. The van der Waals surface area contributed by atoms with Crippen LogP contribution in [-0.4, -0.2) is 29.5 Å². The molecule has 0 radical (unpaired) electrons. The maximum atomic E-state index is 13.7. The van der Waals surface area contributed by atoms with Gasteiger partial charge in [-0.25, -0.2) is 4.39 Å². The number of alkyl halides is 3. The predicted octanol–water partition coefficient (Wildman–Crippen LogP) is 3.02. The monoisotopic (exact) mass is 309 g/mol. The van der Waals surface area contributed by atoms with E-state index in [1.807, 2.05) is 20.8 Å². The van der Waals surface area contributed by atoms with Crippen molar-refractivity contribution in [3.8, 4) is 5.75 Å². The Morgan fingerprint density at radius 2 is 1.86 bits per heavy atom. The molecule has 1 aromatic rings. The van der Waals surface area contributed by atoms with Crippen molar-refractivity contribution in [3.63, 3.8) is 0 Å². The van der Waals surface area contributed by atoms with Crippen molar-refractivity contribution in [1.82, 2.24) is 5.32 Å². The highest BCUT2D eigenvalue weighted by Crippen LogP contribution is 2.23. The molecule has 1 unspecified atom stereocenters. The maximum absolute atomic E-state index is 13.7. The highest BCUT2D eigenvalue weighted by Gasteiger charge is 2.38. The molecule has 2 N–H and O–H groups in total. The third kappa shape index (κ3) is 6.31. The van der Waals surface area contributed by atoms with Crippen molar-refractivity contribution < 1.29 is 27.4 Å². The molecule has 0 heterocycles. The number of benzene rings is 1. The molecule has 0 aliphatic heterocycles. The molecule has 3 nitrogen and oxygen atoms in total. The largest absolute Gasteiger partial charge is 0.487 e. The van der Waals surface area contributed by atoms with Gasteiger partial charge in [0.05, 0.1) is 0 Å². The van der Waals surface area contributed by atoms with Gasteiger partial charge in [0.15, 0.2) is 17.7 Å². The van der Waals surface area contributed by atoms with Gasteiger partial charge in [0, 0.05) is 12.1 Å². The van der Waals surface area contributed by atoms with Gasteiger partial charge in [-0.1, -0.05) is 6.07 Å². The van der Waals surface area contributed by atoms with Crippen LogP contribution in [-0.2, 0) is 6.54 Å². The second-order valence-electron chi connectivity index (χ2n) is 5.74. The minimum atomic E-state index is -4.78. The molecule has 0 aromatic heterocycles. The third-order valence-corrected chi connectivity index (χ3v) is 2.59. The summed E-state index contributed by atoms with van der Waals surface area (Å²) in [6.45, 7) is 5.25. The van der Waals surface area contributed by atoms with Gasteiger partial charge in [-0.15, -0.1) is 0 Å². The van der Waals surface area contributed by atoms with Crippen molar-refractivity contribution in [2.24, 2.45) is 0 Å². The van der Waals surface area contributed by atoms with Crippen molar-refractivity contribution in [2.75, 3.05) is 6.61 Å². The molecule has 0 spiro atoms. The van der Waals surface area contributed by atoms with Crippen LogP contribution in [0.5, 0.6) is 5.75 Å². The average molecular weight is 309 g/mol. The summed E-state index contributed by atoms with van der Waals surface area (Å²) >= 11 is 0. The Hall–Kier alpha value is -1.34. The Labute approximate surface area is 120 Å². The van der Waals surface area contributed by atoms with Crippen molar-refractivity contribution >= 4 is 0 Å². The summed E-state index contributed by atoms with van der Waals surface area (Å²) in [4.78, 5) is 0. The van der Waals surface area contributed by atoms with Crippen LogP contribution in [0.2, 0.25) is 0 Å². The standard InChI is InChI=1S/C14H19F4NO2/c1-13(2,3)19-7-9-4-5-11(10(15)6-9)21-8-12(20)14(16,17)18/h4-6,12,19-20H,7-8H2,1-3H3. The first-order valence-corrected chi connectivity index (χ1v) is 6.40. The van der Waals surface area contributed by atoms with E-state index < -0.39 is 24.7 Å². The minimum Gasteiger partial charge on any atom is -0.487 e. The molecule has 7 heteroatoms. The summed E-state index contributed by atoms with van der Waals surface area (Å²) in [5, 5.41) is 11.9. The number of rotatable bonds is 5. The average Bonchev–Trinajstić information content (AvgIpc) is 2.32. The molecule has 21 heavy (non-hydrogen) atoms. The minimum absolute atomic E-state index is 0.136. The third-order valence-electron chi connectivity index (χ3n) is 2.59. The zero-order valence-corrected chi connectivity index (χ0v) is 12.1. The first-order chi connectivity index (χ1) is 9.49. The lowest BCUT2D eigenvalue weighted by atomic mass is 10.1. The lowest BCUT2D eigenvalue weighted by molar-refractivity contribution is -0.210. The number of aliphatic hydroxyl groups is 1. The Kier molecular flexibility index (Phi) is 5.58. The fourth-order valence-corrected chi connectivity index (χ4v) is 1.40. The molecule has 1 aromatic carbocycles. The molecular formula is C14H19F4NO2. The maximum Gasteiger partial charge on any atom is 0.417 e. The summed E-state index contributed by atoms with van der Waals surface area (Å²) in [5.41, 5.74) is 0.508. The van der Waals surface area contributed by atoms with Gasteiger partial charge >= 0.3 is 6.18 Å². The molecular weight excluding hydrogens is 290 g/mol. The van der Waals surface area contributed by atoms with Crippen LogP contribution < -0.4 is 10.1 Å². The molecule has 1 rings (SSSR count). The van der Waals surface area contributed by atoms with Crippen LogP contribution >= 0.6 is 0 Å². The zero-order valence-electron chi connectivity index (χ0n) is 12.1. The summed E-state index contributed by atoms with van der Waals surface area (Å²) in [7, 11) is 0. The Balaban J connectivity index is 2.62. The van der Waals surface area contributed by atoms with Crippen molar-refractivity contribution in [3.05, 3.63) is 29.6 Å². The number of halogens is 4. The van der Waals surface area contributed by atoms with E-state index in [9.17, 15) is 17.6 Å². The smallest absolute Gasteiger partial charge is 0.417 e. The van der Waals surface area contributed by atoms with Gasteiger partial charge in [-0.2, -0.15) is 13.2 Å². The number of nitrogens with one attached hydrogen (secondary N) is 1. The summed E-state index contributed by atoms with van der Waals surface area (Å²) < 4.78 is 54.7. The van der Waals surface area contributed by atoms with Crippen molar-refractivity contribution in [2.45, 2.75) is 45.1 Å². The Bertz CT molecular complexity index is 469. The lowest BCUT2D eigenvalue weighted by Crippen LogP contribution is -2.35. The molecule has 1 atom stereocenters. The van der Waals surface area contributed by atoms with E-state index in [1.54, 1.807) is 6.07 Å². The molecule has 0 bridgehead atoms. The van der Waals surface area contributed by atoms with E-state index in [2.05, 4.69) is 10.1 Å². The van der Waals surface area contributed by atoms with Gasteiger partial charge < -0.3 is 15.2 Å². The topological polar surface area (TPSA) is 41.5 Å². The predicted molar refractivity (Wildman–Crippen MR) is 70.5 cm³/mol. The van der Waals surface area contributed by atoms with E-state index in [4.69, 9.17) is 5.11 Å². The lowest BCUT2D eigenvalue weighted by Gasteiger charge is -2.20. The van der Waals surface area contributed by atoms with Gasteiger partial charge in [0.25, 0.3) is 0 Å². The molecule has 0 aliphatic carbocycles. The Morgan fingerprint density at radius 1 is 1.24 bits per heavy atom. The van der Waals surface area contributed by atoms with Crippen LogP contribution in [0.4, 0.5) is 17.6 Å². The van der Waals surface area contributed by atoms with E-state index in [0.29, 0.717) is 12.1 Å². The normalized spacial score (nSPS) is 14.1. The second kappa shape index (κ2) is 6.62. The van der Waals surface area contributed by atoms with Crippen LogP contribution in [0, 0.1) is 5.82 Å². The number of hydrogen-bond acceptors (Lipinski definition) is 3.